The Labute approximate surface area is 312 Å². The van der Waals surface area contributed by atoms with Crippen LogP contribution < -0.4 is 9.80 Å². The topological polar surface area (TPSA) is 6.48 Å². The van der Waals surface area contributed by atoms with Crippen LogP contribution in [0.5, 0.6) is 0 Å². The Morgan fingerprint density at radius 2 is 0.717 bits per heavy atom. The Kier molecular flexibility index (Phi) is 8.21. The standard InChI is InChI=1S/C51H40N2/c1-51(2)47-20-12-13-21-49(47)53(43-18-10-5-11-19-43)50-35-28-42(36-48(50)51)41-26-33-46(34-27-41)52(44-29-22-39(23-30-44)37-14-6-3-7-15-37)45-31-24-40(25-32-45)38-16-8-4-9-17-38/h3-36H,1-2H3. The molecule has 8 aromatic rings. The van der Waals surface area contributed by atoms with E-state index < -0.39 is 0 Å². The van der Waals surface area contributed by atoms with E-state index in [0.717, 1.165) is 17.1 Å². The second-order valence-electron chi connectivity index (χ2n) is 14.3. The number of para-hydroxylation sites is 2. The molecule has 0 spiro atoms. The molecule has 0 unspecified atom stereocenters. The molecular formula is C51H40N2. The number of benzene rings is 8. The van der Waals surface area contributed by atoms with Crippen molar-refractivity contribution in [2.45, 2.75) is 19.3 Å². The molecule has 0 saturated heterocycles. The maximum Gasteiger partial charge on any atom is 0.0503 e. The zero-order chi connectivity index (χ0) is 35.8. The van der Waals surface area contributed by atoms with Gasteiger partial charge in [-0.25, -0.2) is 0 Å². The molecule has 0 fully saturated rings. The zero-order valence-corrected chi connectivity index (χ0v) is 30.0. The molecule has 1 aliphatic rings. The van der Waals surface area contributed by atoms with Crippen LogP contribution in [0.15, 0.2) is 206 Å². The van der Waals surface area contributed by atoms with Gasteiger partial charge in [0.1, 0.15) is 0 Å². The molecule has 0 bridgehead atoms. The highest BCUT2D eigenvalue weighted by Crippen LogP contribution is 2.52. The summed E-state index contributed by atoms with van der Waals surface area (Å²) in [6.07, 6.45) is 0. The van der Waals surface area contributed by atoms with Crippen molar-refractivity contribution in [1.29, 1.82) is 0 Å². The highest BCUT2D eigenvalue weighted by atomic mass is 15.2. The first-order chi connectivity index (χ1) is 26.0. The monoisotopic (exact) mass is 680 g/mol. The van der Waals surface area contributed by atoms with Gasteiger partial charge in [-0.3, -0.25) is 0 Å². The SMILES string of the molecule is CC1(C)c2ccccc2N(c2ccccc2)c2ccc(-c3ccc(N(c4ccc(-c5ccccc5)cc4)c4ccc(-c5ccccc5)cc4)cc3)cc21. The quantitative estimate of drug-likeness (QED) is 0.165. The van der Waals surface area contributed by atoms with Gasteiger partial charge in [-0.1, -0.05) is 153 Å². The van der Waals surface area contributed by atoms with Gasteiger partial charge in [-0.2, -0.15) is 0 Å². The number of fused-ring (bicyclic) bond motifs is 2. The van der Waals surface area contributed by atoms with Crippen LogP contribution in [0.2, 0.25) is 0 Å². The summed E-state index contributed by atoms with van der Waals surface area (Å²) in [5.41, 5.74) is 16.7. The van der Waals surface area contributed by atoms with Crippen molar-refractivity contribution in [2.24, 2.45) is 0 Å². The van der Waals surface area contributed by atoms with E-state index in [2.05, 4.69) is 230 Å². The third kappa shape index (κ3) is 5.99. The summed E-state index contributed by atoms with van der Waals surface area (Å²) in [6.45, 7) is 4.70. The van der Waals surface area contributed by atoms with E-state index in [9.17, 15) is 0 Å². The molecule has 0 atom stereocenters. The van der Waals surface area contributed by atoms with Gasteiger partial charge in [0.2, 0.25) is 0 Å². The van der Waals surface area contributed by atoms with Gasteiger partial charge in [-0.05, 0) is 111 Å². The van der Waals surface area contributed by atoms with Crippen molar-refractivity contribution in [3.63, 3.8) is 0 Å². The van der Waals surface area contributed by atoms with E-state index >= 15 is 0 Å². The summed E-state index contributed by atoms with van der Waals surface area (Å²) in [5.74, 6) is 0. The summed E-state index contributed by atoms with van der Waals surface area (Å²) >= 11 is 0. The largest absolute Gasteiger partial charge is 0.311 e. The lowest BCUT2D eigenvalue weighted by molar-refractivity contribution is 0.632. The molecule has 2 heteroatoms. The van der Waals surface area contributed by atoms with Crippen LogP contribution >= 0.6 is 0 Å². The van der Waals surface area contributed by atoms with Crippen molar-refractivity contribution in [1.82, 2.24) is 0 Å². The first-order valence-electron chi connectivity index (χ1n) is 18.4. The summed E-state index contributed by atoms with van der Waals surface area (Å²) in [6, 6.07) is 74.4. The second-order valence-corrected chi connectivity index (χ2v) is 14.3. The second kappa shape index (κ2) is 13.5. The van der Waals surface area contributed by atoms with Gasteiger partial charge in [0.05, 0.1) is 11.4 Å². The molecule has 1 aliphatic heterocycles. The molecule has 53 heavy (non-hydrogen) atoms. The highest BCUT2D eigenvalue weighted by Gasteiger charge is 2.36. The lowest BCUT2D eigenvalue weighted by Crippen LogP contribution is -2.30. The van der Waals surface area contributed by atoms with E-state index in [-0.39, 0.29) is 5.41 Å². The van der Waals surface area contributed by atoms with Crippen molar-refractivity contribution in [3.8, 4) is 33.4 Å². The normalized spacial score (nSPS) is 12.8. The molecular weight excluding hydrogens is 641 g/mol. The van der Waals surface area contributed by atoms with Crippen LogP contribution in [0.4, 0.5) is 34.1 Å². The summed E-state index contributed by atoms with van der Waals surface area (Å²) in [7, 11) is 0. The van der Waals surface area contributed by atoms with E-state index in [4.69, 9.17) is 0 Å². The van der Waals surface area contributed by atoms with E-state index in [1.807, 2.05) is 0 Å². The minimum absolute atomic E-state index is 0.165. The number of hydrogen-bond acceptors (Lipinski definition) is 2. The van der Waals surface area contributed by atoms with Gasteiger partial charge in [0.15, 0.2) is 0 Å². The fraction of sp³-hybridized carbons (Fsp3) is 0.0588. The average Bonchev–Trinajstić information content (AvgIpc) is 3.23. The third-order valence-corrected chi connectivity index (χ3v) is 10.7. The Hall–Kier alpha value is -6.64. The fourth-order valence-electron chi connectivity index (χ4n) is 7.86. The lowest BCUT2D eigenvalue weighted by Gasteiger charge is -2.42. The maximum atomic E-state index is 2.41. The van der Waals surface area contributed by atoms with Gasteiger partial charge in [0.25, 0.3) is 0 Å². The average molecular weight is 681 g/mol. The molecule has 0 aliphatic carbocycles. The summed E-state index contributed by atoms with van der Waals surface area (Å²) in [5, 5.41) is 0. The van der Waals surface area contributed by atoms with Crippen LogP contribution in [-0.2, 0) is 5.41 Å². The Balaban J connectivity index is 1.09. The minimum atomic E-state index is -0.165. The van der Waals surface area contributed by atoms with E-state index in [1.54, 1.807) is 0 Å². The predicted octanol–water partition coefficient (Wildman–Crippen LogP) is 14.3. The van der Waals surface area contributed by atoms with Crippen molar-refractivity contribution in [3.05, 3.63) is 217 Å². The minimum Gasteiger partial charge on any atom is -0.311 e. The maximum absolute atomic E-state index is 2.41. The molecule has 2 nitrogen and oxygen atoms in total. The van der Waals surface area contributed by atoms with Crippen molar-refractivity contribution < 1.29 is 0 Å². The predicted molar refractivity (Wildman–Crippen MR) is 224 cm³/mol. The smallest absolute Gasteiger partial charge is 0.0503 e. The number of rotatable bonds is 7. The molecule has 1 heterocycles. The van der Waals surface area contributed by atoms with E-state index in [1.165, 1.54) is 61.6 Å². The van der Waals surface area contributed by atoms with Crippen LogP contribution in [0.3, 0.4) is 0 Å². The Morgan fingerprint density at radius 1 is 0.340 bits per heavy atom. The Morgan fingerprint density at radius 3 is 1.23 bits per heavy atom. The van der Waals surface area contributed by atoms with Crippen molar-refractivity contribution in [2.75, 3.05) is 9.80 Å². The van der Waals surface area contributed by atoms with Gasteiger partial charge in [0, 0.05) is 28.2 Å². The Bertz CT molecular complexity index is 2400. The van der Waals surface area contributed by atoms with Crippen LogP contribution in [0, 0.1) is 0 Å². The lowest BCUT2D eigenvalue weighted by atomic mass is 9.73. The molecule has 0 radical (unpaired) electrons. The third-order valence-electron chi connectivity index (χ3n) is 10.7. The molecule has 0 aromatic heterocycles. The summed E-state index contributed by atoms with van der Waals surface area (Å²) < 4.78 is 0. The summed E-state index contributed by atoms with van der Waals surface area (Å²) in [4.78, 5) is 4.75. The molecule has 0 N–H and O–H groups in total. The number of hydrogen-bond donors (Lipinski definition) is 0. The molecule has 9 rings (SSSR count). The number of anilines is 6. The van der Waals surface area contributed by atoms with Crippen LogP contribution in [-0.4, -0.2) is 0 Å². The van der Waals surface area contributed by atoms with Gasteiger partial charge >= 0.3 is 0 Å². The van der Waals surface area contributed by atoms with Crippen molar-refractivity contribution >= 4 is 34.1 Å². The first kappa shape index (κ1) is 32.3. The van der Waals surface area contributed by atoms with Gasteiger partial charge < -0.3 is 9.80 Å². The first-order valence-corrected chi connectivity index (χ1v) is 18.4. The van der Waals surface area contributed by atoms with E-state index in [0.29, 0.717) is 0 Å². The zero-order valence-electron chi connectivity index (χ0n) is 30.0. The van der Waals surface area contributed by atoms with Gasteiger partial charge in [-0.15, -0.1) is 0 Å². The fourth-order valence-corrected chi connectivity index (χ4v) is 7.86. The molecule has 8 aromatic carbocycles. The highest BCUT2D eigenvalue weighted by molar-refractivity contribution is 5.88. The van der Waals surface area contributed by atoms with Crippen LogP contribution in [0.1, 0.15) is 25.0 Å². The molecule has 254 valence electrons. The number of nitrogens with zero attached hydrogens (tertiary/aromatic N) is 2. The van der Waals surface area contributed by atoms with Crippen LogP contribution in [0.25, 0.3) is 33.4 Å². The molecule has 0 amide bonds. The molecule has 0 saturated carbocycles.